The van der Waals surface area contributed by atoms with Gasteiger partial charge in [0.25, 0.3) is 0 Å². The average Bonchev–Trinajstić information content (AvgIpc) is 2.56. The van der Waals surface area contributed by atoms with Crippen LogP contribution in [0.2, 0.25) is 0 Å². The van der Waals surface area contributed by atoms with E-state index in [-0.39, 0.29) is 0 Å². The summed E-state index contributed by atoms with van der Waals surface area (Å²) in [7, 11) is 0. The Hall–Kier alpha value is -1.06. The molecule has 0 unspecified atom stereocenters. The first-order valence-corrected chi connectivity index (χ1v) is 5.98. The van der Waals surface area contributed by atoms with Crippen LogP contribution in [0.25, 0.3) is 10.1 Å². The van der Waals surface area contributed by atoms with Crippen molar-refractivity contribution in [3.05, 3.63) is 29.1 Å². The Labute approximate surface area is 94.1 Å². The lowest BCUT2D eigenvalue weighted by atomic mass is 10.2. The fraction of sp³-hybridized carbons (Fsp3) is 0.333. The molecule has 0 aliphatic rings. The first kappa shape index (κ1) is 10.5. The Balaban J connectivity index is 2.23. The van der Waals surface area contributed by atoms with Gasteiger partial charge in [0.15, 0.2) is 0 Å². The normalized spacial score (nSPS) is 11.4. The zero-order valence-corrected chi connectivity index (χ0v) is 9.90. The molecule has 0 radical (unpaired) electrons. The molecule has 15 heavy (non-hydrogen) atoms. The Morgan fingerprint density at radius 1 is 1.33 bits per heavy atom. The number of anilines is 1. The number of fused-ring (bicyclic) bond motifs is 1. The Kier molecular flexibility index (Phi) is 2.93. The van der Waals surface area contributed by atoms with Crippen LogP contribution >= 0.6 is 11.3 Å². The largest absolute Gasteiger partial charge is 0.399 e. The number of hydrogen-bond acceptors (Lipinski definition) is 3. The highest BCUT2D eigenvalue weighted by atomic mass is 32.1. The molecular formula is C12H16N2S. The highest BCUT2D eigenvalue weighted by Crippen LogP contribution is 2.27. The summed E-state index contributed by atoms with van der Waals surface area (Å²) in [4.78, 5) is 1.37. The van der Waals surface area contributed by atoms with Crippen LogP contribution < -0.4 is 11.1 Å². The zero-order valence-electron chi connectivity index (χ0n) is 9.08. The average molecular weight is 220 g/mol. The lowest BCUT2D eigenvalue weighted by molar-refractivity contribution is 0.593. The van der Waals surface area contributed by atoms with Crippen LogP contribution in [-0.2, 0) is 6.54 Å². The van der Waals surface area contributed by atoms with E-state index in [4.69, 9.17) is 5.73 Å². The van der Waals surface area contributed by atoms with Crippen molar-refractivity contribution in [1.29, 1.82) is 0 Å². The van der Waals surface area contributed by atoms with Gasteiger partial charge in [-0.2, -0.15) is 0 Å². The van der Waals surface area contributed by atoms with Gasteiger partial charge in [-0.25, -0.2) is 0 Å². The molecular weight excluding hydrogens is 204 g/mol. The van der Waals surface area contributed by atoms with Gasteiger partial charge >= 0.3 is 0 Å². The van der Waals surface area contributed by atoms with E-state index in [9.17, 15) is 0 Å². The summed E-state index contributed by atoms with van der Waals surface area (Å²) in [6.07, 6.45) is 0. The van der Waals surface area contributed by atoms with E-state index in [2.05, 4.69) is 31.3 Å². The third kappa shape index (κ3) is 2.49. The maximum atomic E-state index is 5.74. The van der Waals surface area contributed by atoms with Gasteiger partial charge in [0.05, 0.1) is 0 Å². The first-order valence-electron chi connectivity index (χ1n) is 5.16. The van der Waals surface area contributed by atoms with E-state index >= 15 is 0 Å². The molecule has 1 aromatic heterocycles. The molecule has 0 atom stereocenters. The van der Waals surface area contributed by atoms with Crippen LogP contribution in [0, 0.1) is 0 Å². The molecule has 0 aliphatic heterocycles. The number of rotatable bonds is 3. The van der Waals surface area contributed by atoms with Gasteiger partial charge in [-0.1, -0.05) is 13.8 Å². The third-order valence-corrected chi connectivity index (χ3v) is 3.39. The molecule has 1 heterocycles. The van der Waals surface area contributed by atoms with Crippen LogP contribution in [0.4, 0.5) is 5.69 Å². The van der Waals surface area contributed by atoms with Gasteiger partial charge in [0, 0.05) is 27.9 Å². The predicted octanol–water partition coefficient (Wildman–Crippen LogP) is 2.98. The maximum absolute atomic E-state index is 5.74. The van der Waals surface area contributed by atoms with Crippen molar-refractivity contribution in [2.75, 3.05) is 5.73 Å². The lowest BCUT2D eigenvalue weighted by Crippen LogP contribution is -2.21. The number of nitrogens with two attached hydrogens (primary N) is 1. The van der Waals surface area contributed by atoms with Crippen molar-refractivity contribution < 1.29 is 0 Å². The monoisotopic (exact) mass is 220 g/mol. The molecule has 80 valence electrons. The predicted molar refractivity (Wildman–Crippen MR) is 68.2 cm³/mol. The molecule has 2 nitrogen and oxygen atoms in total. The van der Waals surface area contributed by atoms with Crippen LogP contribution in [0.15, 0.2) is 24.3 Å². The molecule has 0 bridgehead atoms. The number of benzene rings is 1. The molecule has 0 amide bonds. The molecule has 0 fully saturated rings. The molecule has 3 heteroatoms. The maximum Gasteiger partial charge on any atom is 0.0347 e. The van der Waals surface area contributed by atoms with Crippen molar-refractivity contribution in [1.82, 2.24) is 5.32 Å². The molecule has 2 aromatic rings. The summed E-state index contributed by atoms with van der Waals surface area (Å²) >= 11 is 1.83. The minimum Gasteiger partial charge on any atom is -0.399 e. The van der Waals surface area contributed by atoms with Crippen LogP contribution in [0.1, 0.15) is 18.7 Å². The highest BCUT2D eigenvalue weighted by Gasteiger charge is 2.02. The first-order chi connectivity index (χ1) is 7.15. The minimum atomic E-state index is 0.528. The topological polar surface area (TPSA) is 38.0 Å². The van der Waals surface area contributed by atoms with E-state index in [1.807, 2.05) is 23.5 Å². The summed E-state index contributed by atoms with van der Waals surface area (Å²) in [5, 5.41) is 4.67. The number of thiophene rings is 1. The van der Waals surface area contributed by atoms with Crippen molar-refractivity contribution >= 4 is 27.1 Å². The third-order valence-electron chi connectivity index (χ3n) is 2.28. The van der Waals surface area contributed by atoms with E-state index in [0.717, 1.165) is 12.2 Å². The van der Waals surface area contributed by atoms with Gasteiger partial charge in [0.1, 0.15) is 0 Å². The zero-order chi connectivity index (χ0) is 10.8. The molecule has 3 N–H and O–H groups in total. The summed E-state index contributed by atoms with van der Waals surface area (Å²) in [6.45, 7) is 5.26. The molecule has 0 saturated heterocycles. The fourth-order valence-electron chi connectivity index (χ4n) is 1.51. The second-order valence-corrected chi connectivity index (χ2v) is 5.21. The van der Waals surface area contributed by atoms with Gasteiger partial charge in [-0.15, -0.1) is 11.3 Å². The van der Waals surface area contributed by atoms with Crippen molar-refractivity contribution in [2.24, 2.45) is 0 Å². The van der Waals surface area contributed by atoms with E-state index in [1.165, 1.54) is 15.0 Å². The molecule has 0 spiro atoms. The smallest absolute Gasteiger partial charge is 0.0347 e. The number of nitrogen functional groups attached to an aromatic ring is 1. The Morgan fingerprint density at radius 3 is 2.87 bits per heavy atom. The highest BCUT2D eigenvalue weighted by molar-refractivity contribution is 7.19. The van der Waals surface area contributed by atoms with Gasteiger partial charge in [-0.3, -0.25) is 0 Å². The Bertz CT molecular complexity index is 460. The van der Waals surface area contributed by atoms with Gasteiger partial charge < -0.3 is 11.1 Å². The molecule has 0 aliphatic carbocycles. The quantitative estimate of drug-likeness (QED) is 0.780. The van der Waals surface area contributed by atoms with Crippen molar-refractivity contribution in [3.8, 4) is 0 Å². The molecule has 0 saturated carbocycles. The number of hydrogen-bond donors (Lipinski definition) is 2. The van der Waals surface area contributed by atoms with E-state index in [0.29, 0.717) is 6.04 Å². The van der Waals surface area contributed by atoms with Crippen LogP contribution in [-0.4, -0.2) is 6.04 Å². The Morgan fingerprint density at radius 2 is 2.13 bits per heavy atom. The molecule has 2 rings (SSSR count). The van der Waals surface area contributed by atoms with Crippen molar-refractivity contribution in [3.63, 3.8) is 0 Å². The van der Waals surface area contributed by atoms with Gasteiger partial charge in [0.2, 0.25) is 0 Å². The van der Waals surface area contributed by atoms with Gasteiger partial charge in [-0.05, 0) is 29.7 Å². The SMILES string of the molecule is CC(C)NCc1cc2cc(N)ccc2s1. The fourth-order valence-corrected chi connectivity index (χ4v) is 2.50. The standard InChI is InChI=1S/C12H16N2S/c1-8(2)14-7-11-6-9-5-10(13)3-4-12(9)15-11/h3-6,8,14H,7,13H2,1-2H3. The second kappa shape index (κ2) is 4.21. The minimum absolute atomic E-state index is 0.528. The summed E-state index contributed by atoms with van der Waals surface area (Å²) in [5.41, 5.74) is 6.58. The van der Waals surface area contributed by atoms with E-state index in [1.54, 1.807) is 0 Å². The second-order valence-electron chi connectivity index (χ2n) is 4.05. The van der Waals surface area contributed by atoms with Crippen molar-refractivity contribution in [2.45, 2.75) is 26.4 Å². The lowest BCUT2D eigenvalue weighted by Gasteiger charge is -2.04. The number of nitrogens with one attached hydrogen (secondary N) is 1. The summed E-state index contributed by atoms with van der Waals surface area (Å²) in [6, 6.07) is 8.82. The van der Waals surface area contributed by atoms with Crippen LogP contribution in [0.3, 0.4) is 0 Å². The van der Waals surface area contributed by atoms with E-state index < -0.39 is 0 Å². The summed E-state index contributed by atoms with van der Waals surface area (Å²) in [5.74, 6) is 0. The molecule has 1 aromatic carbocycles. The van der Waals surface area contributed by atoms with Crippen LogP contribution in [0.5, 0.6) is 0 Å². The summed E-state index contributed by atoms with van der Waals surface area (Å²) < 4.78 is 1.31.